The largest absolute Gasteiger partial charge is 0.381 e. The van der Waals surface area contributed by atoms with Gasteiger partial charge >= 0.3 is 0 Å². The van der Waals surface area contributed by atoms with E-state index in [-0.39, 0.29) is 5.54 Å². The van der Waals surface area contributed by atoms with Gasteiger partial charge in [0.25, 0.3) is 0 Å². The Labute approximate surface area is 139 Å². The van der Waals surface area contributed by atoms with Gasteiger partial charge in [-0.05, 0) is 24.0 Å². The van der Waals surface area contributed by atoms with Crippen molar-refractivity contribution in [1.82, 2.24) is 4.90 Å². The molecule has 0 saturated carbocycles. The number of rotatable bonds is 6. The van der Waals surface area contributed by atoms with Crippen molar-refractivity contribution < 1.29 is 4.74 Å². The first-order chi connectivity index (χ1) is 11.3. The highest BCUT2D eigenvalue weighted by atomic mass is 16.5. The second-order valence-corrected chi connectivity index (χ2v) is 6.37. The van der Waals surface area contributed by atoms with E-state index in [1.807, 2.05) is 0 Å². The summed E-state index contributed by atoms with van der Waals surface area (Å²) in [6, 6.07) is 21.3. The van der Waals surface area contributed by atoms with Crippen molar-refractivity contribution in [1.29, 1.82) is 0 Å². The maximum atomic E-state index is 6.25. The Morgan fingerprint density at radius 3 is 1.74 bits per heavy atom. The van der Waals surface area contributed by atoms with E-state index in [4.69, 9.17) is 10.5 Å². The highest BCUT2D eigenvalue weighted by molar-refractivity contribution is 5.18. The van der Waals surface area contributed by atoms with Crippen molar-refractivity contribution in [3.05, 3.63) is 71.8 Å². The first-order valence-corrected chi connectivity index (χ1v) is 8.43. The van der Waals surface area contributed by atoms with Crippen LogP contribution in [0.25, 0.3) is 0 Å². The summed E-state index contributed by atoms with van der Waals surface area (Å²) in [6.07, 6.45) is 2.01. The number of hydrogen-bond acceptors (Lipinski definition) is 3. The van der Waals surface area contributed by atoms with Gasteiger partial charge in [0.05, 0.1) is 0 Å². The zero-order valence-electron chi connectivity index (χ0n) is 13.7. The zero-order chi connectivity index (χ0) is 16.0. The molecule has 1 aliphatic heterocycles. The lowest BCUT2D eigenvalue weighted by atomic mass is 9.87. The van der Waals surface area contributed by atoms with Crippen LogP contribution in [-0.2, 0) is 17.8 Å². The molecular formula is C20H26N2O. The van der Waals surface area contributed by atoms with Crippen molar-refractivity contribution in [2.45, 2.75) is 31.5 Å². The number of ether oxygens (including phenoxy) is 1. The van der Waals surface area contributed by atoms with Crippen LogP contribution in [0.1, 0.15) is 24.0 Å². The molecule has 1 aliphatic rings. The van der Waals surface area contributed by atoms with E-state index >= 15 is 0 Å². The van der Waals surface area contributed by atoms with Crippen molar-refractivity contribution in [3.8, 4) is 0 Å². The molecule has 3 rings (SSSR count). The van der Waals surface area contributed by atoms with Gasteiger partial charge < -0.3 is 10.5 Å². The molecule has 3 nitrogen and oxygen atoms in total. The zero-order valence-corrected chi connectivity index (χ0v) is 13.7. The highest BCUT2D eigenvalue weighted by Gasteiger charge is 2.37. The summed E-state index contributed by atoms with van der Waals surface area (Å²) < 4.78 is 5.59. The van der Waals surface area contributed by atoms with Crippen molar-refractivity contribution in [2.75, 3.05) is 19.8 Å². The number of benzene rings is 2. The lowest BCUT2D eigenvalue weighted by molar-refractivity contribution is -0.0325. The molecule has 0 aliphatic carbocycles. The standard InChI is InChI=1S/C20H26N2O/c21-17-20(11-13-23-14-12-20)22(15-18-7-3-1-4-8-18)16-19-9-5-2-6-10-19/h1-10H,11-17,21H2. The molecular weight excluding hydrogens is 284 g/mol. The molecule has 2 aromatic carbocycles. The van der Waals surface area contributed by atoms with Gasteiger partial charge in [0, 0.05) is 38.4 Å². The average molecular weight is 310 g/mol. The Morgan fingerprint density at radius 1 is 0.826 bits per heavy atom. The molecule has 0 amide bonds. The topological polar surface area (TPSA) is 38.5 Å². The maximum absolute atomic E-state index is 6.25. The van der Waals surface area contributed by atoms with Crippen molar-refractivity contribution in [2.24, 2.45) is 5.73 Å². The summed E-state index contributed by atoms with van der Waals surface area (Å²) in [6.45, 7) is 4.13. The van der Waals surface area contributed by atoms with E-state index in [2.05, 4.69) is 65.6 Å². The molecule has 0 unspecified atom stereocenters. The fourth-order valence-electron chi connectivity index (χ4n) is 3.40. The van der Waals surface area contributed by atoms with Crippen LogP contribution in [0, 0.1) is 0 Å². The van der Waals surface area contributed by atoms with Crippen LogP contribution < -0.4 is 5.73 Å². The summed E-state index contributed by atoms with van der Waals surface area (Å²) in [7, 11) is 0. The molecule has 0 bridgehead atoms. The molecule has 0 radical (unpaired) electrons. The quantitative estimate of drug-likeness (QED) is 0.890. The van der Waals surface area contributed by atoms with Gasteiger partial charge in [-0.2, -0.15) is 0 Å². The lowest BCUT2D eigenvalue weighted by Crippen LogP contribution is -2.56. The predicted octanol–water partition coefficient (Wildman–Crippen LogP) is 3.20. The van der Waals surface area contributed by atoms with E-state index in [9.17, 15) is 0 Å². The summed E-state index contributed by atoms with van der Waals surface area (Å²) >= 11 is 0. The Hall–Kier alpha value is -1.68. The molecule has 3 heteroatoms. The van der Waals surface area contributed by atoms with E-state index in [1.165, 1.54) is 11.1 Å². The Morgan fingerprint density at radius 2 is 1.30 bits per heavy atom. The third-order valence-electron chi connectivity index (χ3n) is 4.91. The third-order valence-corrected chi connectivity index (χ3v) is 4.91. The van der Waals surface area contributed by atoms with Gasteiger partial charge in [0.2, 0.25) is 0 Å². The van der Waals surface area contributed by atoms with Gasteiger partial charge in [-0.3, -0.25) is 4.90 Å². The molecule has 2 aromatic rings. The second-order valence-electron chi connectivity index (χ2n) is 6.37. The van der Waals surface area contributed by atoms with Crippen molar-refractivity contribution >= 4 is 0 Å². The van der Waals surface area contributed by atoms with Crippen LogP contribution in [0.3, 0.4) is 0 Å². The summed E-state index contributed by atoms with van der Waals surface area (Å²) in [4.78, 5) is 2.56. The minimum Gasteiger partial charge on any atom is -0.381 e. The Balaban J connectivity index is 1.85. The lowest BCUT2D eigenvalue weighted by Gasteiger charge is -2.46. The molecule has 2 N–H and O–H groups in total. The monoisotopic (exact) mass is 310 g/mol. The highest BCUT2D eigenvalue weighted by Crippen LogP contribution is 2.30. The van der Waals surface area contributed by atoms with Crippen LogP contribution in [0.5, 0.6) is 0 Å². The minimum atomic E-state index is 0.0317. The fraction of sp³-hybridized carbons (Fsp3) is 0.400. The van der Waals surface area contributed by atoms with Gasteiger partial charge in [0.1, 0.15) is 0 Å². The van der Waals surface area contributed by atoms with Crippen LogP contribution in [-0.4, -0.2) is 30.2 Å². The van der Waals surface area contributed by atoms with E-state index in [1.54, 1.807) is 0 Å². The first-order valence-electron chi connectivity index (χ1n) is 8.43. The van der Waals surface area contributed by atoms with Gasteiger partial charge in [-0.15, -0.1) is 0 Å². The molecule has 1 fully saturated rings. The predicted molar refractivity (Wildman–Crippen MR) is 94.0 cm³/mol. The van der Waals surface area contributed by atoms with Gasteiger partial charge in [-0.1, -0.05) is 60.7 Å². The van der Waals surface area contributed by atoms with Gasteiger partial charge in [0.15, 0.2) is 0 Å². The normalized spacial score (nSPS) is 17.3. The van der Waals surface area contributed by atoms with Crippen LogP contribution in [0.4, 0.5) is 0 Å². The van der Waals surface area contributed by atoms with Crippen LogP contribution in [0.2, 0.25) is 0 Å². The summed E-state index contributed by atoms with van der Waals surface area (Å²) in [5, 5.41) is 0. The van der Waals surface area contributed by atoms with E-state index in [0.29, 0.717) is 6.54 Å². The summed E-state index contributed by atoms with van der Waals surface area (Å²) in [5.41, 5.74) is 8.95. The second kappa shape index (κ2) is 7.73. The van der Waals surface area contributed by atoms with Crippen LogP contribution in [0.15, 0.2) is 60.7 Å². The molecule has 0 spiro atoms. The molecule has 1 heterocycles. The fourth-order valence-corrected chi connectivity index (χ4v) is 3.40. The number of hydrogen-bond donors (Lipinski definition) is 1. The maximum Gasteiger partial charge on any atom is 0.0484 e. The van der Waals surface area contributed by atoms with Crippen molar-refractivity contribution in [3.63, 3.8) is 0 Å². The SMILES string of the molecule is NCC1(N(Cc2ccccc2)Cc2ccccc2)CCOCC1. The van der Waals surface area contributed by atoms with E-state index < -0.39 is 0 Å². The minimum absolute atomic E-state index is 0.0317. The van der Waals surface area contributed by atoms with E-state index in [0.717, 1.165) is 39.1 Å². The Bertz CT molecular complexity index is 538. The molecule has 122 valence electrons. The summed E-state index contributed by atoms with van der Waals surface area (Å²) in [5.74, 6) is 0. The number of nitrogens with two attached hydrogens (primary N) is 1. The first kappa shape index (κ1) is 16.2. The molecule has 1 saturated heterocycles. The van der Waals surface area contributed by atoms with Crippen LogP contribution >= 0.6 is 0 Å². The molecule has 23 heavy (non-hydrogen) atoms. The average Bonchev–Trinajstić information content (AvgIpc) is 2.63. The molecule has 0 aromatic heterocycles. The smallest absolute Gasteiger partial charge is 0.0484 e. The molecule has 0 atom stereocenters. The number of nitrogens with zero attached hydrogens (tertiary/aromatic N) is 1. The third kappa shape index (κ3) is 3.99. The van der Waals surface area contributed by atoms with Gasteiger partial charge in [-0.25, -0.2) is 0 Å². The Kier molecular flexibility index (Phi) is 5.44.